The second-order valence-corrected chi connectivity index (χ2v) is 38.7. The van der Waals surface area contributed by atoms with Crippen LogP contribution in [0.15, 0.2) is 202 Å². The molecule has 0 amide bonds. The van der Waals surface area contributed by atoms with Gasteiger partial charge in [0.1, 0.15) is 98.0 Å². The van der Waals surface area contributed by atoms with E-state index in [0.29, 0.717) is 0 Å². The Morgan fingerprint density at radius 1 is 0.246 bits per heavy atom. The molecular formula is C102H132N24. The maximum Gasteiger partial charge on any atom is 0.164 e. The number of hydrogen-bond donors (Lipinski definition) is 0. The van der Waals surface area contributed by atoms with E-state index in [1.807, 2.05) is 43.6 Å². The minimum absolute atomic E-state index is 0.0144. The van der Waals surface area contributed by atoms with Crippen LogP contribution in [0.5, 0.6) is 0 Å². The summed E-state index contributed by atoms with van der Waals surface area (Å²) in [6.45, 7) is 57.1. The van der Waals surface area contributed by atoms with E-state index in [9.17, 15) is 0 Å². The Balaban J connectivity index is 0.000000131. The van der Waals surface area contributed by atoms with Crippen molar-refractivity contribution in [1.29, 1.82) is 0 Å². The Morgan fingerprint density at radius 2 is 0.516 bits per heavy atom. The molecule has 126 heavy (non-hydrogen) atoms. The van der Waals surface area contributed by atoms with Crippen LogP contribution in [0.1, 0.15) is 172 Å². The van der Waals surface area contributed by atoms with Crippen LogP contribution in [0, 0.1) is 41.5 Å². The summed E-state index contributed by atoms with van der Waals surface area (Å²) in [6, 6.07) is 63.8. The third-order valence-electron chi connectivity index (χ3n) is 26.4. The van der Waals surface area contributed by atoms with Gasteiger partial charge in [-0.2, -0.15) is 20.4 Å². The Kier molecular flexibility index (Phi) is 23.6. The van der Waals surface area contributed by atoms with Crippen molar-refractivity contribution in [3.63, 3.8) is 0 Å². The molecule has 0 saturated carbocycles. The molecule has 0 fully saturated rings. The molecule has 0 spiro atoms. The molecule has 2 aromatic heterocycles. The fourth-order valence-corrected chi connectivity index (χ4v) is 19.2. The number of fused-ring (bicyclic) bond motifs is 4. The molecule has 0 N–H and O–H groups in total. The van der Waals surface area contributed by atoms with Crippen LogP contribution in [0.4, 0.5) is 91.5 Å². The highest BCUT2D eigenvalue weighted by atomic mass is 15.7. The monoisotopic (exact) mass is 1690 g/mol. The van der Waals surface area contributed by atoms with Gasteiger partial charge in [0, 0.05) is 72.9 Å². The Bertz CT molecular complexity index is 5350. The van der Waals surface area contributed by atoms with E-state index in [2.05, 4.69) is 461 Å². The smallest absolute Gasteiger partial charge is 0.164 e. The van der Waals surface area contributed by atoms with Gasteiger partial charge in [-0.15, -0.1) is 0 Å². The van der Waals surface area contributed by atoms with Crippen LogP contribution in [0.3, 0.4) is 0 Å². The molecular weight excluding hydrogens is 1560 g/mol. The second-order valence-electron chi connectivity index (χ2n) is 38.7. The van der Waals surface area contributed by atoms with E-state index in [1.165, 1.54) is 79.1 Å². The van der Waals surface area contributed by atoms with Gasteiger partial charge < -0.3 is 58.8 Å². The quantitative estimate of drug-likeness (QED) is 0.127. The van der Waals surface area contributed by atoms with Gasteiger partial charge in [-0.3, -0.25) is 10.0 Å². The first-order chi connectivity index (χ1) is 59.6. The Labute approximate surface area is 749 Å². The summed E-state index contributed by atoms with van der Waals surface area (Å²) in [6.07, 6.45) is 9.00. The number of nitrogens with zero attached hydrogens (tertiary/aromatic N) is 24. The molecule has 660 valence electrons. The van der Waals surface area contributed by atoms with Gasteiger partial charge in [0.2, 0.25) is 0 Å². The predicted molar refractivity (Wildman–Crippen MR) is 530 cm³/mol. The fourth-order valence-electron chi connectivity index (χ4n) is 19.2. The number of hydrogen-bond acceptors (Lipinski definition) is 24. The molecule has 0 bridgehead atoms. The van der Waals surface area contributed by atoms with Gasteiger partial charge in [0.15, 0.2) is 11.6 Å². The average molecular weight is 1690 g/mol. The van der Waals surface area contributed by atoms with E-state index >= 15 is 0 Å². The number of benzene rings is 8. The number of anilines is 16. The van der Waals surface area contributed by atoms with Crippen molar-refractivity contribution in [1.82, 2.24) is 39.8 Å². The van der Waals surface area contributed by atoms with Crippen molar-refractivity contribution in [2.45, 2.75) is 251 Å². The van der Waals surface area contributed by atoms with Gasteiger partial charge in [0.05, 0.1) is 68.0 Å². The first kappa shape index (κ1) is 88.3. The predicted octanol–water partition coefficient (Wildman–Crippen LogP) is 22.1. The standard InChI is InChI=1S/C31H34N6.C29H30N6.2C21H34N6/c1-19-13-12-14-20(2)28(19)29-32-30(36-22(4)34(6)24-15-8-10-17-26(24)36)21(3)31(33-29)37-23(5)35(7)25-16-9-11-18-27(25)37;1-19-28(34-20(2)32(4)23-15-9-11-17-25(23)34)30-27(22-13-7-6-8-14-22)31-29(19)35-21(3)33(5)24-16-10-12-18-26(24)35;1-15-18(26-16(2)24(13-22-26)20(4,5)6)11-10-12-19(15)27-17(3)25(14-23-27)21(7,8)9;1-15-18(24-13-22-26(16(24)2)20(4,5)6)11-10-12-19(15)25-14-23-27(17(25)3)21(7,8)9/h8-18,22-23H,1-7H3;6-18,20-21H,1-5H3;2*10-14,16-17H,1-9H3/t22-,23+;20-,21+;2*16-,17+. The van der Waals surface area contributed by atoms with Crippen LogP contribution in [-0.2, 0) is 0 Å². The van der Waals surface area contributed by atoms with Gasteiger partial charge >= 0.3 is 0 Å². The van der Waals surface area contributed by atoms with Crippen LogP contribution in [-0.4, -0.2) is 165 Å². The van der Waals surface area contributed by atoms with Gasteiger partial charge in [0.25, 0.3) is 0 Å². The third-order valence-corrected chi connectivity index (χ3v) is 26.4. The van der Waals surface area contributed by atoms with Crippen LogP contribution < -0.4 is 59.0 Å². The number of para-hydroxylation sites is 8. The lowest BCUT2D eigenvalue weighted by Gasteiger charge is -2.38. The highest BCUT2D eigenvalue weighted by Gasteiger charge is 2.44. The fraction of sp³-hybridized carbons (Fsp3) is 0.412. The van der Waals surface area contributed by atoms with Crippen LogP contribution >= 0.6 is 0 Å². The molecule has 0 radical (unpaired) electrons. The molecule has 8 aromatic carbocycles. The molecule has 10 heterocycles. The van der Waals surface area contributed by atoms with E-state index in [-0.39, 0.29) is 71.5 Å². The van der Waals surface area contributed by atoms with Crippen molar-refractivity contribution in [3.05, 3.63) is 215 Å². The molecule has 0 saturated heterocycles. The molecule has 10 aromatic rings. The lowest BCUT2D eigenvalue weighted by molar-refractivity contribution is 0.114. The molecule has 8 aliphatic rings. The lowest BCUT2D eigenvalue weighted by Crippen LogP contribution is -2.48. The summed E-state index contributed by atoms with van der Waals surface area (Å²) < 4.78 is 0. The first-order valence-corrected chi connectivity index (χ1v) is 44.6. The highest BCUT2D eigenvalue weighted by molar-refractivity contribution is 5.93. The van der Waals surface area contributed by atoms with E-state index in [1.54, 1.807) is 0 Å². The van der Waals surface area contributed by atoms with Crippen molar-refractivity contribution in [2.24, 2.45) is 20.4 Å². The number of rotatable bonds is 10. The van der Waals surface area contributed by atoms with E-state index < -0.39 is 0 Å². The summed E-state index contributed by atoms with van der Waals surface area (Å²) in [7, 11) is 8.60. The summed E-state index contributed by atoms with van der Waals surface area (Å²) in [5.74, 6) is 5.29. The summed E-state index contributed by atoms with van der Waals surface area (Å²) in [5.41, 5.74) is 23.2. The van der Waals surface area contributed by atoms with Crippen molar-refractivity contribution in [3.8, 4) is 22.8 Å². The Morgan fingerprint density at radius 3 is 0.810 bits per heavy atom. The average Bonchev–Trinajstić information content (AvgIpc) is 1.56. The van der Waals surface area contributed by atoms with Crippen molar-refractivity contribution >= 4 is 117 Å². The van der Waals surface area contributed by atoms with Crippen molar-refractivity contribution < 1.29 is 0 Å². The summed E-state index contributed by atoms with van der Waals surface area (Å²) in [4.78, 5) is 48.7. The molecule has 8 atom stereocenters. The molecule has 0 aliphatic carbocycles. The largest absolute Gasteiger partial charge is 0.352 e. The number of hydrazone groups is 4. The van der Waals surface area contributed by atoms with Crippen LogP contribution in [0.25, 0.3) is 22.8 Å². The minimum Gasteiger partial charge on any atom is -0.352 e. The summed E-state index contributed by atoms with van der Waals surface area (Å²) >= 11 is 0. The second kappa shape index (κ2) is 33.7. The Hall–Kier alpha value is -12.6. The topological polar surface area (TPSA) is 153 Å². The lowest BCUT2D eigenvalue weighted by atomic mass is 10.0. The van der Waals surface area contributed by atoms with Gasteiger partial charge in [-0.05, 0) is 275 Å². The number of aryl methyl sites for hydroxylation is 2. The highest BCUT2D eigenvalue weighted by Crippen LogP contribution is 2.52. The summed E-state index contributed by atoms with van der Waals surface area (Å²) in [5, 5.41) is 27.2. The normalized spacial score (nSPS) is 20.6. The van der Waals surface area contributed by atoms with Crippen LogP contribution in [0.2, 0.25) is 0 Å². The maximum atomic E-state index is 5.31. The molecule has 24 heteroatoms. The molecule has 0 unspecified atom stereocenters. The van der Waals surface area contributed by atoms with Crippen molar-refractivity contribution in [2.75, 3.05) is 87.2 Å². The minimum atomic E-state index is -0.0144. The zero-order chi connectivity index (χ0) is 90.6. The zero-order valence-corrected chi connectivity index (χ0v) is 80.0. The molecule has 8 aliphatic heterocycles. The molecule has 24 nitrogen and oxygen atoms in total. The maximum absolute atomic E-state index is 5.31. The van der Waals surface area contributed by atoms with Gasteiger partial charge in [-0.25, -0.2) is 30.0 Å². The molecule has 18 rings (SSSR count). The van der Waals surface area contributed by atoms with E-state index in [0.717, 1.165) is 68.5 Å². The van der Waals surface area contributed by atoms with Gasteiger partial charge in [-0.1, -0.05) is 109 Å². The SMILES string of the molecule is Cc1c(N2C=NN(C(C)(C)C)[C@@H]2C)cccc1N1C=NN(C(C)(C)C)[C@H]1C.Cc1c(N2N=CN(C(C)(C)C)[C@@H]2C)cccc1N1N=CN(C(C)(C)C)[C@H]1C.Cc1c(N2c3ccccc3N(C)[C@H]2C)nc(-c2ccccc2)nc1N1c2ccccc2N(C)[C@@H]1C.Cc1cccc(C)c1-c1nc(N2c3ccccc3N(C)[C@H]2C)c(C)c(N2c3ccccc3N(C)[C@@H]2C)n1. The van der Waals surface area contributed by atoms with E-state index in [4.69, 9.17) is 30.1 Å². The zero-order valence-electron chi connectivity index (χ0n) is 80.0. The first-order valence-electron chi connectivity index (χ1n) is 44.6. The number of aromatic nitrogens is 4. The third kappa shape index (κ3) is 15.8.